The van der Waals surface area contributed by atoms with Gasteiger partial charge < -0.3 is 9.47 Å². The van der Waals surface area contributed by atoms with E-state index < -0.39 is 16.8 Å². The van der Waals surface area contributed by atoms with Gasteiger partial charge >= 0.3 is 5.97 Å². The third-order valence-electron chi connectivity index (χ3n) is 5.11. The van der Waals surface area contributed by atoms with E-state index in [0.29, 0.717) is 33.8 Å². The van der Waals surface area contributed by atoms with E-state index in [1.807, 2.05) is 0 Å². The Labute approximate surface area is 194 Å². The molecule has 9 heteroatoms. The molecule has 3 aromatic carbocycles. The van der Waals surface area contributed by atoms with E-state index in [2.05, 4.69) is 5.10 Å². The highest BCUT2D eigenvalue weighted by molar-refractivity contribution is 6.32. The van der Waals surface area contributed by atoms with Crippen LogP contribution in [-0.4, -0.2) is 29.6 Å². The van der Waals surface area contributed by atoms with Crippen LogP contribution < -0.4 is 14.5 Å². The summed E-state index contributed by atoms with van der Waals surface area (Å²) >= 11 is 0. The average molecular weight is 457 g/mol. The smallest absolute Gasteiger partial charge is 0.343 e. The lowest BCUT2D eigenvalue weighted by atomic mass is 10.1. The van der Waals surface area contributed by atoms with Crippen molar-refractivity contribution in [2.45, 2.75) is 6.92 Å². The molecule has 1 aliphatic rings. The van der Waals surface area contributed by atoms with Crippen LogP contribution in [0.5, 0.6) is 11.5 Å². The zero-order valence-electron chi connectivity index (χ0n) is 18.3. The number of para-hydroxylation sites is 1. The van der Waals surface area contributed by atoms with Crippen molar-refractivity contribution in [2.24, 2.45) is 5.10 Å². The first-order valence-electron chi connectivity index (χ1n) is 10.2. The molecule has 0 spiro atoms. The number of hydrazone groups is 1. The molecule has 0 N–H and O–H groups in total. The van der Waals surface area contributed by atoms with Gasteiger partial charge in [-0.25, -0.2) is 4.79 Å². The summed E-state index contributed by atoms with van der Waals surface area (Å²) in [6.07, 6.45) is 1.60. The van der Waals surface area contributed by atoms with Gasteiger partial charge in [0.1, 0.15) is 11.5 Å². The van der Waals surface area contributed by atoms with Crippen molar-refractivity contribution in [1.29, 1.82) is 0 Å². The highest BCUT2D eigenvalue weighted by Crippen LogP contribution is 2.29. The van der Waals surface area contributed by atoms with Gasteiger partial charge in [-0.2, -0.15) is 10.1 Å². The first-order chi connectivity index (χ1) is 16.4. The molecule has 0 bridgehead atoms. The minimum absolute atomic E-state index is 0.0838. The third-order valence-corrected chi connectivity index (χ3v) is 5.11. The van der Waals surface area contributed by atoms with Crippen molar-refractivity contribution in [3.8, 4) is 11.5 Å². The molecule has 0 atom stereocenters. The molecule has 0 fully saturated rings. The molecule has 0 saturated heterocycles. The average Bonchev–Trinajstić information content (AvgIpc) is 3.13. The van der Waals surface area contributed by atoms with Gasteiger partial charge in [-0.1, -0.05) is 18.2 Å². The van der Waals surface area contributed by atoms with Crippen LogP contribution in [0.15, 0.2) is 83.5 Å². The maximum atomic E-state index is 13.0. The maximum absolute atomic E-state index is 13.0. The quantitative estimate of drug-likeness (QED) is 0.175. The van der Waals surface area contributed by atoms with E-state index >= 15 is 0 Å². The summed E-state index contributed by atoms with van der Waals surface area (Å²) in [6.45, 7) is 1.68. The highest BCUT2D eigenvalue weighted by Gasteiger charge is 2.29. The molecule has 0 aromatic heterocycles. The van der Waals surface area contributed by atoms with Crippen LogP contribution in [0.1, 0.15) is 22.8 Å². The van der Waals surface area contributed by atoms with Crippen LogP contribution >= 0.6 is 0 Å². The van der Waals surface area contributed by atoms with Gasteiger partial charge in [0.25, 0.3) is 11.6 Å². The lowest BCUT2D eigenvalue weighted by Gasteiger charge is -2.11. The number of rotatable bonds is 6. The second-order valence-corrected chi connectivity index (χ2v) is 7.29. The van der Waals surface area contributed by atoms with Crippen molar-refractivity contribution >= 4 is 35.0 Å². The number of carbonyl (C=O) groups is 2. The van der Waals surface area contributed by atoms with Gasteiger partial charge in [-0.15, -0.1) is 0 Å². The molecule has 0 unspecified atom stereocenters. The summed E-state index contributed by atoms with van der Waals surface area (Å²) < 4.78 is 10.7. The van der Waals surface area contributed by atoms with Gasteiger partial charge in [-0.3, -0.25) is 14.9 Å². The predicted molar refractivity (Wildman–Crippen MR) is 126 cm³/mol. The van der Waals surface area contributed by atoms with Gasteiger partial charge in [0.15, 0.2) is 0 Å². The van der Waals surface area contributed by atoms with Gasteiger partial charge in [0, 0.05) is 17.7 Å². The molecule has 9 nitrogen and oxygen atoms in total. The molecular formula is C25H19N3O6. The molecule has 34 heavy (non-hydrogen) atoms. The number of ether oxygens (including phenoxy) is 2. The van der Waals surface area contributed by atoms with Crippen LogP contribution in [0.2, 0.25) is 0 Å². The fourth-order valence-electron chi connectivity index (χ4n) is 3.31. The number of benzene rings is 3. The first kappa shape index (κ1) is 22.4. The number of nitro groups is 1. The Morgan fingerprint density at radius 3 is 2.35 bits per heavy atom. The Bertz CT molecular complexity index is 1330. The van der Waals surface area contributed by atoms with Crippen molar-refractivity contribution in [3.63, 3.8) is 0 Å². The van der Waals surface area contributed by atoms with E-state index in [-0.39, 0.29) is 11.4 Å². The largest absolute Gasteiger partial charge is 0.497 e. The van der Waals surface area contributed by atoms with Crippen LogP contribution in [0.4, 0.5) is 11.4 Å². The van der Waals surface area contributed by atoms with E-state index in [1.165, 1.54) is 36.4 Å². The fraction of sp³-hybridized carbons (Fsp3) is 0.0800. The minimum atomic E-state index is -0.552. The number of carbonyl (C=O) groups excluding carboxylic acids is 2. The summed E-state index contributed by atoms with van der Waals surface area (Å²) in [5.41, 5.74) is 1.96. The monoisotopic (exact) mass is 457 g/mol. The molecule has 1 aliphatic heterocycles. The van der Waals surface area contributed by atoms with Crippen LogP contribution in [0.25, 0.3) is 6.08 Å². The predicted octanol–water partition coefficient (Wildman–Crippen LogP) is 4.63. The molecule has 0 radical (unpaired) electrons. The van der Waals surface area contributed by atoms with Gasteiger partial charge in [0.05, 0.1) is 34.6 Å². The lowest BCUT2D eigenvalue weighted by Crippen LogP contribution is -2.21. The number of nitro benzene ring substituents is 1. The molecule has 4 rings (SSSR count). The van der Waals surface area contributed by atoms with E-state index in [4.69, 9.17) is 9.47 Å². The second kappa shape index (κ2) is 9.37. The number of nitrogens with zero attached hydrogens (tertiary/aromatic N) is 3. The van der Waals surface area contributed by atoms with Crippen LogP contribution in [0, 0.1) is 10.1 Å². The number of non-ortho nitro benzene ring substituents is 1. The number of amides is 1. The van der Waals surface area contributed by atoms with E-state index in [1.54, 1.807) is 61.5 Å². The first-order valence-corrected chi connectivity index (χ1v) is 10.2. The topological polar surface area (TPSA) is 111 Å². The Kier molecular flexibility index (Phi) is 6.18. The number of esters is 1. The van der Waals surface area contributed by atoms with Crippen LogP contribution in [-0.2, 0) is 4.79 Å². The Morgan fingerprint density at radius 2 is 1.71 bits per heavy atom. The van der Waals surface area contributed by atoms with Crippen LogP contribution in [0.3, 0.4) is 0 Å². The van der Waals surface area contributed by atoms with E-state index in [0.717, 1.165) is 0 Å². The second-order valence-electron chi connectivity index (χ2n) is 7.29. The molecule has 0 saturated carbocycles. The number of hydrogen-bond donors (Lipinski definition) is 0. The summed E-state index contributed by atoms with van der Waals surface area (Å²) in [4.78, 5) is 36.0. The van der Waals surface area contributed by atoms with Gasteiger partial charge in [-0.05, 0) is 55.5 Å². The summed E-state index contributed by atoms with van der Waals surface area (Å²) in [5, 5.41) is 16.3. The highest BCUT2D eigenvalue weighted by atomic mass is 16.6. The Balaban J connectivity index is 1.58. The minimum Gasteiger partial charge on any atom is -0.497 e. The Hall–Kier alpha value is -4.79. The molecular weight excluding hydrogens is 438 g/mol. The van der Waals surface area contributed by atoms with Crippen molar-refractivity contribution in [1.82, 2.24) is 0 Å². The molecule has 170 valence electrons. The summed E-state index contributed by atoms with van der Waals surface area (Å²) in [6, 6.07) is 18.9. The summed E-state index contributed by atoms with van der Waals surface area (Å²) in [5.74, 6) is -0.0502. The number of hydrogen-bond acceptors (Lipinski definition) is 7. The Morgan fingerprint density at radius 1 is 1.03 bits per heavy atom. The zero-order valence-corrected chi connectivity index (χ0v) is 18.3. The fourth-order valence-corrected chi connectivity index (χ4v) is 3.31. The molecule has 3 aromatic rings. The molecule has 1 amide bonds. The number of methoxy groups -OCH3 is 1. The standard InChI is InChI=1S/C25H19N3O6/c1-16-22(24(29)27(26-16)19-9-11-20(12-10-19)28(31)32)15-18-5-3-4-6-23(18)34-25(30)17-7-13-21(33-2)14-8-17/h3-15H,1-2H3/b22-15+. The van der Waals surface area contributed by atoms with Gasteiger partial charge in [0.2, 0.25) is 0 Å². The summed E-state index contributed by atoms with van der Waals surface area (Å²) in [7, 11) is 1.54. The third kappa shape index (κ3) is 4.53. The van der Waals surface area contributed by atoms with Crippen molar-refractivity contribution in [2.75, 3.05) is 12.1 Å². The molecule has 1 heterocycles. The molecule has 0 aliphatic carbocycles. The van der Waals surface area contributed by atoms with Crippen molar-refractivity contribution in [3.05, 3.63) is 99.6 Å². The van der Waals surface area contributed by atoms with E-state index in [9.17, 15) is 19.7 Å². The SMILES string of the molecule is COc1ccc(C(=O)Oc2ccccc2/C=C2/C(=O)N(c3ccc([N+](=O)[O-])cc3)N=C2C)cc1. The maximum Gasteiger partial charge on any atom is 0.343 e. The zero-order chi connectivity index (χ0) is 24.2. The lowest BCUT2D eigenvalue weighted by molar-refractivity contribution is -0.384. The normalized spacial score (nSPS) is 14.2. The number of anilines is 1. The van der Waals surface area contributed by atoms with Crippen molar-refractivity contribution < 1.29 is 24.0 Å².